The molecular weight excluding hydrogens is 242 g/mol. The summed E-state index contributed by atoms with van der Waals surface area (Å²) in [5.41, 5.74) is 7.82. The van der Waals surface area contributed by atoms with E-state index in [1.54, 1.807) is 6.07 Å². The van der Waals surface area contributed by atoms with E-state index in [1.165, 1.54) is 12.8 Å². The van der Waals surface area contributed by atoms with Crippen molar-refractivity contribution in [3.05, 3.63) is 18.2 Å². The Morgan fingerprint density at radius 1 is 1.37 bits per heavy atom. The van der Waals surface area contributed by atoms with Crippen molar-refractivity contribution in [2.75, 3.05) is 24.2 Å². The van der Waals surface area contributed by atoms with Gasteiger partial charge < -0.3 is 20.6 Å². The maximum atomic E-state index is 9.57. The molecular formula is C14H19N3O2. The zero-order valence-electron chi connectivity index (χ0n) is 10.9. The third kappa shape index (κ3) is 2.26. The number of nitrogens with zero attached hydrogens (tertiary/aromatic N) is 1. The standard InChI is InChI=1S/C14H19N3O2/c15-10-4-3-5-11-12(10)17-13(19-11)16-8-14(9-18)6-1-2-7-14/h3-5,18H,1-2,6-9,15H2,(H,16,17). The zero-order chi connectivity index (χ0) is 13.3. The fraction of sp³-hybridized carbons (Fsp3) is 0.500. The second kappa shape index (κ2) is 4.74. The number of aliphatic hydroxyl groups excluding tert-OH is 1. The Kier molecular flexibility index (Phi) is 3.06. The van der Waals surface area contributed by atoms with Gasteiger partial charge in [0.2, 0.25) is 0 Å². The van der Waals surface area contributed by atoms with Gasteiger partial charge in [0.1, 0.15) is 5.52 Å². The van der Waals surface area contributed by atoms with Crippen molar-refractivity contribution in [2.45, 2.75) is 25.7 Å². The van der Waals surface area contributed by atoms with Gasteiger partial charge in [0.25, 0.3) is 6.01 Å². The van der Waals surface area contributed by atoms with Gasteiger partial charge in [-0.2, -0.15) is 4.98 Å². The lowest BCUT2D eigenvalue weighted by atomic mass is 9.87. The molecule has 1 saturated carbocycles. The van der Waals surface area contributed by atoms with Crippen molar-refractivity contribution in [3.63, 3.8) is 0 Å². The maximum Gasteiger partial charge on any atom is 0.295 e. The Morgan fingerprint density at radius 3 is 2.84 bits per heavy atom. The van der Waals surface area contributed by atoms with Gasteiger partial charge >= 0.3 is 0 Å². The van der Waals surface area contributed by atoms with Crippen molar-refractivity contribution in [1.29, 1.82) is 0 Å². The van der Waals surface area contributed by atoms with Crippen LogP contribution in [0.5, 0.6) is 0 Å². The number of anilines is 2. The monoisotopic (exact) mass is 261 g/mol. The molecule has 0 spiro atoms. The minimum Gasteiger partial charge on any atom is -0.423 e. The van der Waals surface area contributed by atoms with Gasteiger partial charge in [-0.3, -0.25) is 0 Å². The summed E-state index contributed by atoms with van der Waals surface area (Å²) in [6.45, 7) is 0.901. The second-order valence-corrected chi connectivity index (χ2v) is 5.43. The number of nitrogens with one attached hydrogen (secondary N) is 1. The van der Waals surface area contributed by atoms with E-state index in [4.69, 9.17) is 10.2 Å². The fourth-order valence-corrected chi connectivity index (χ4v) is 2.82. The number of nitrogens with two attached hydrogens (primary N) is 1. The van der Waals surface area contributed by atoms with E-state index in [-0.39, 0.29) is 12.0 Å². The topological polar surface area (TPSA) is 84.3 Å². The highest BCUT2D eigenvalue weighted by Gasteiger charge is 2.33. The van der Waals surface area contributed by atoms with Crippen LogP contribution in [-0.2, 0) is 0 Å². The largest absolute Gasteiger partial charge is 0.423 e. The van der Waals surface area contributed by atoms with Crippen molar-refractivity contribution < 1.29 is 9.52 Å². The smallest absolute Gasteiger partial charge is 0.295 e. The quantitative estimate of drug-likeness (QED) is 0.736. The van der Waals surface area contributed by atoms with E-state index >= 15 is 0 Å². The molecule has 0 unspecified atom stereocenters. The SMILES string of the molecule is Nc1cccc2oc(NCC3(CO)CCCC3)nc12. The molecule has 1 aliphatic carbocycles. The Labute approximate surface area is 111 Å². The van der Waals surface area contributed by atoms with E-state index in [2.05, 4.69) is 10.3 Å². The van der Waals surface area contributed by atoms with Gasteiger partial charge in [-0.05, 0) is 25.0 Å². The number of fused-ring (bicyclic) bond motifs is 1. The normalized spacial score (nSPS) is 17.9. The van der Waals surface area contributed by atoms with Crippen LogP contribution < -0.4 is 11.1 Å². The van der Waals surface area contributed by atoms with Crippen molar-refractivity contribution in [2.24, 2.45) is 5.41 Å². The first-order valence-corrected chi connectivity index (χ1v) is 6.72. The molecule has 0 aliphatic heterocycles. The number of nitrogen functional groups attached to an aromatic ring is 1. The van der Waals surface area contributed by atoms with Crippen LogP contribution in [0.3, 0.4) is 0 Å². The number of benzene rings is 1. The average Bonchev–Trinajstić information content (AvgIpc) is 3.04. The molecule has 5 nitrogen and oxygen atoms in total. The summed E-state index contributed by atoms with van der Waals surface area (Å²) in [7, 11) is 0. The van der Waals surface area contributed by atoms with Crippen LogP contribution in [0.25, 0.3) is 11.1 Å². The number of aromatic nitrogens is 1. The van der Waals surface area contributed by atoms with E-state index in [0.717, 1.165) is 12.8 Å². The number of oxazole rings is 1. The van der Waals surface area contributed by atoms with Gasteiger partial charge in [-0.25, -0.2) is 0 Å². The first kappa shape index (κ1) is 12.3. The summed E-state index contributed by atoms with van der Waals surface area (Å²) in [4.78, 5) is 4.35. The molecule has 0 bridgehead atoms. The lowest BCUT2D eigenvalue weighted by molar-refractivity contribution is 0.142. The van der Waals surface area contributed by atoms with E-state index in [0.29, 0.717) is 29.3 Å². The molecule has 0 atom stereocenters. The van der Waals surface area contributed by atoms with E-state index in [1.807, 2.05) is 12.1 Å². The average molecular weight is 261 g/mol. The van der Waals surface area contributed by atoms with Gasteiger partial charge in [-0.15, -0.1) is 0 Å². The summed E-state index contributed by atoms with van der Waals surface area (Å²) < 4.78 is 5.61. The predicted octanol–water partition coefficient (Wildman–Crippen LogP) is 2.37. The molecule has 0 radical (unpaired) electrons. The van der Waals surface area contributed by atoms with Crippen LogP contribution in [-0.4, -0.2) is 23.2 Å². The lowest BCUT2D eigenvalue weighted by Gasteiger charge is -2.25. The molecule has 2 aromatic rings. The number of para-hydroxylation sites is 1. The Morgan fingerprint density at radius 2 is 2.16 bits per heavy atom. The summed E-state index contributed by atoms with van der Waals surface area (Å²) in [5.74, 6) is 0. The van der Waals surface area contributed by atoms with Gasteiger partial charge in [0.15, 0.2) is 5.58 Å². The second-order valence-electron chi connectivity index (χ2n) is 5.43. The minimum absolute atomic E-state index is 0.0216. The molecule has 1 aliphatic rings. The van der Waals surface area contributed by atoms with E-state index in [9.17, 15) is 5.11 Å². The third-order valence-electron chi connectivity index (χ3n) is 4.06. The van der Waals surface area contributed by atoms with Gasteiger partial charge in [0.05, 0.1) is 12.3 Å². The molecule has 4 N–H and O–H groups in total. The third-order valence-corrected chi connectivity index (χ3v) is 4.06. The first-order chi connectivity index (χ1) is 9.22. The number of hydrogen-bond acceptors (Lipinski definition) is 5. The Balaban J connectivity index is 1.76. The summed E-state index contributed by atoms with van der Waals surface area (Å²) >= 11 is 0. The van der Waals surface area contributed by atoms with Crippen LogP contribution in [0.4, 0.5) is 11.7 Å². The molecule has 0 amide bonds. The molecule has 0 saturated heterocycles. The molecule has 19 heavy (non-hydrogen) atoms. The molecule has 1 aromatic carbocycles. The Bertz CT molecular complexity index is 573. The van der Waals surface area contributed by atoms with Gasteiger partial charge in [0, 0.05) is 12.0 Å². The van der Waals surface area contributed by atoms with Crippen molar-refractivity contribution in [1.82, 2.24) is 4.98 Å². The molecule has 102 valence electrons. The van der Waals surface area contributed by atoms with E-state index < -0.39 is 0 Å². The first-order valence-electron chi connectivity index (χ1n) is 6.72. The molecule has 5 heteroatoms. The number of aliphatic hydroxyl groups is 1. The highest BCUT2D eigenvalue weighted by molar-refractivity contribution is 5.86. The summed E-state index contributed by atoms with van der Waals surface area (Å²) in [6, 6.07) is 5.98. The van der Waals surface area contributed by atoms with Crippen LogP contribution in [0.1, 0.15) is 25.7 Å². The van der Waals surface area contributed by atoms with Crippen LogP contribution in [0, 0.1) is 5.41 Å². The highest BCUT2D eigenvalue weighted by atomic mass is 16.4. The maximum absolute atomic E-state index is 9.57. The number of hydrogen-bond donors (Lipinski definition) is 3. The van der Waals surface area contributed by atoms with Gasteiger partial charge in [-0.1, -0.05) is 18.9 Å². The lowest BCUT2D eigenvalue weighted by Crippen LogP contribution is -2.30. The van der Waals surface area contributed by atoms with Crippen molar-refractivity contribution >= 4 is 22.8 Å². The predicted molar refractivity (Wildman–Crippen MR) is 74.9 cm³/mol. The highest BCUT2D eigenvalue weighted by Crippen LogP contribution is 2.37. The van der Waals surface area contributed by atoms with Crippen LogP contribution >= 0.6 is 0 Å². The fourth-order valence-electron chi connectivity index (χ4n) is 2.82. The van der Waals surface area contributed by atoms with Crippen molar-refractivity contribution in [3.8, 4) is 0 Å². The van der Waals surface area contributed by atoms with Crippen LogP contribution in [0.15, 0.2) is 22.6 Å². The molecule has 1 heterocycles. The molecule has 1 fully saturated rings. The van der Waals surface area contributed by atoms with Crippen LogP contribution in [0.2, 0.25) is 0 Å². The zero-order valence-corrected chi connectivity index (χ0v) is 10.9. The Hall–Kier alpha value is -1.75. The minimum atomic E-state index is -0.0216. The summed E-state index contributed by atoms with van der Waals surface area (Å²) in [6.07, 6.45) is 4.48. The number of rotatable bonds is 4. The summed E-state index contributed by atoms with van der Waals surface area (Å²) in [5, 5.41) is 12.8. The molecule has 3 rings (SSSR count). The molecule has 1 aromatic heterocycles.